The van der Waals surface area contributed by atoms with Crippen molar-refractivity contribution in [2.24, 2.45) is 0 Å². The number of aryl methyl sites for hydroxylation is 2. The van der Waals surface area contributed by atoms with Crippen molar-refractivity contribution in [2.75, 3.05) is 6.61 Å². The van der Waals surface area contributed by atoms with Crippen LogP contribution < -0.4 is 10.2 Å². The highest BCUT2D eigenvalue weighted by Gasteiger charge is 2.41. The molecule has 0 amide bonds. The van der Waals surface area contributed by atoms with Crippen molar-refractivity contribution < 1.29 is 14.3 Å². The number of hydrogen-bond donors (Lipinski definition) is 1. The minimum Gasteiger partial charge on any atom is -0.456 e. The molecule has 0 aliphatic carbocycles. The maximum Gasteiger partial charge on any atom is 0.293 e. The van der Waals surface area contributed by atoms with E-state index < -0.39 is 5.60 Å². The first-order valence-electron chi connectivity index (χ1n) is 8.84. The molecule has 1 aromatic heterocycles. The second-order valence-corrected chi connectivity index (χ2v) is 7.46. The third-order valence-corrected chi connectivity index (χ3v) is 5.20. The van der Waals surface area contributed by atoms with Crippen LogP contribution in [0.5, 0.6) is 5.95 Å². The smallest absolute Gasteiger partial charge is 0.293 e. The predicted molar refractivity (Wildman–Crippen MR) is 101 cm³/mol. The third-order valence-electron chi connectivity index (χ3n) is 5.20. The average molecular weight is 350 g/mol. The first-order valence-corrected chi connectivity index (χ1v) is 8.84. The molecular weight excluding hydrogens is 328 g/mol. The van der Waals surface area contributed by atoms with Gasteiger partial charge in [0, 0.05) is 12.3 Å². The molecule has 0 saturated heterocycles. The van der Waals surface area contributed by atoms with Gasteiger partial charge in [-0.1, -0.05) is 36.4 Å². The van der Waals surface area contributed by atoms with Crippen LogP contribution in [-0.2, 0) is 0 Å². The van der Waals surface area contributed by atoms with Crippen molar-refractivity contribution in [3.63, 3.8) is 0 Å². The zero-order valence-corrected chi connectivity index (χ0v) is 15.2. The summed E-state index contributed by atoms with van der Waals surface area (Å²) >= 11 is 0. The van der Waals surface area contributed by atoms with Crippen molar-refractivity contribution in [1.29, 1.82) is 0 Å². The molecule has 0 saturated carbocycles. The van der Waals surface area contributed by atoms with Crippen LogP contribution in [-0.4, -0.2) is 17.3 Å². The van der Waals surface area contributed by atoms with Crippen molar-refractivity contribution in [2.45, 2.75) is 38.7 Å². The Labute approximate surface area is 152 Å². The standard InChI is InChI=1S/C22H22O4/c1-13-9-14(2)18-17(10-13)25-21-19(20(18)24)16(11-22(3,12-23)26-21)15-7-5-4-6-8-15/h4-10,16,23H,11-12H2,1-3H3/t16-,22+/m0/s1. The summed E-state index contributed by atoms with van der Waals surface area (Å²) in [5.41, 5.74) is 3.18. The Balaban J connectivity index is 2.04. The first-order chi connectivity index (χ1) is 12.4. The molecule has 4 heteroatoms. The average Bonchev–Trinajstić information content (AvgIpc) is 2.61. The van der Waals surface area contributed by atoms with E-state index in [1.165, 1.54) is 0 Å². The van der Waals surface area contributed by atoms with Gasteiger partial charge in [-0.05, 0) is 43.5 Å². The molecule has 0 fully saturated rings. The van der Waals surface area contributed by atoms with Crippen LogP contribution in [0.25, 0.3) is 11.0 Å². The minimum absolute atomic E-state index is 0.0485. The summed E-state index contributed by atoms with van der Waals surface area (Å²) in [5, 5.41) is 10.5. The molecule has 134 valence electrons. The van der Waals surface area contributed by atoms with E-state index in [0.29, 0.717) is 23.0 Å². The van der Waals surface area contributed by atoms with Gasteiger partial charge in [0.25, 0.3) is 5.95 Å². The number of aliphatic hydroxyl groups is 1. The highest BCUT2D eigenvalue weighted by Crippen LogP contribution is 2.44. The Morgan fingerprint density at radius 3 is 2.62 bits per heavy atom. The third kappa shape index (κ3) is 2.61. The second-order valence-electron chi connectivity index (χ2n) is 7.46. The molecule has 1 aliphatic heterocycles. The van der Waals surface area contributed by atoms with Crippen LogP contribution in [0, 0.1) is 13.8 Å². The highest BCUT2D eigenvalue weighted by atomic mass is 16.6. The lowest BCUT2D eigenvalue weighted by Gasteiger charge is -2.37. The summed E-state index contributed by atoms with van der Waals surface area (Å²) in [4.78, 5) is 13.4. The topological polar surface area (TPSA) is 59.7 Å². The molecule has 26 heavy (non-hydrogen) atoms. The van der Waals surface area contributed by atoms with E-state index in [2.05, 4.69) is 0 Å². The molecule has 4 rings (SSSR count). The molecule has 0 unspecified atom stereocenters. The molecule has 0 bridgehead atoms. The van der Waals surface area contributed by atoms with Crippen LogP contribution in [0.3, 0.4) is 0 Å². The quantitative estimate of drug-likeness (QED) is 0.757. The van der Waals surface area contributed by atoms with Gasteiger partial charge in [0.2, 0.25) is 5.43 Å². The van der Waals surface area contributed by atoms with Crippen LogP contribution in [0.2, 0.25) is 0 Å². The molecule has 2 atom stereocenters. The van der Waals surface area contributed by atoms with Gasteiger partial charge in [-0.2, -0.15) is 0 Å². The lowest BCUT2D eigenvalue weighted by molar-refractivity contribution is -0.0160. The van der Waals surface area contributed by atoms with E-state index in [9.17, 15) is 9.90 Å². The number of ether oxygens (including phenoxy) is 1. The van der Waals surface area contributed by atoms with Crippen LogP contribution in [0.15, 0.2) is 51.7 Å². The monoisotopic (exact) mass is 350 g/mol. The lowest BCUT2D eigenvalue weighted by atomic mass is 9.80. The fourth-order valence-electron chi connectivity index (χ4n) is 3.92. The first kappa shape index (κ1) is 16.9. The molecule has 1 N–H and O–H groups in total. The van der Waals surface area contributed by atoms with Gasteiger partial charge in [-0.25, -0.2) is 0 Å². The molecule has 0 radical (unpaired) electrons. The van der Waals surface area contributed by atoms with Gasteiger partial charge in [-0.3, -0.25) is 4.79 Å². The SMILES string of the molecule is Cc1cc(C)c2c(=O)c3c(oc2c1)O[C@@](C)(CO)C[C@H]3c1ccccc1. The van der Waals surface area contributed by atoms with E-state index in [1.807, 2.05) is 63.2 Å². The van der Waals surface area contributed by atoms with Crippen LogP contribution >= 0.6 is 0 Å². The molecule has 1 aliphatic rings. The Morgan fingerprint density at radius 1 is 1.19 bits per heavy atom. The summed E-state index contributed by atoms with van der Waals surface area (Å²) in [6.07, 6.45) is 0.516. The number of rotatable bonds is 2. The summed E-state index contributed by atoms with van der Waals surface area (Å²) < 4.78 is 12.0. The maximum atomic E-state index is 13.4. The van der Waals surface area contributed by atoms with E-state index in [1.54, 1.807) is 0 Å². The Morgan fingerprint density at radius 2 is 1.92 bits per heavy atom. The van der Waals surface area contributed by atoms with Gasteiger partial charge in [0.05, 0.1) is 17.6 Å². The minimum atomic E-state index is -0.796. The Bertz CT molecular complexity index is 1040. The molecular formula is C22H22O4. The van der Waals surface area contributed by atoms with Crippen LogP contribution in [0.1, 0.15) is 41.5 Å². The lowest BCUT2D eigenvalue weighted by Crippen LogP contribution is -2.43. The Hall–Kier alpha value is -2.59. The second kappa shape index (κ2) is 5.99. The van der Waals surface area contributed by atoms with Crippen molar-refractivity contribution in [1.82, 2.24) is 0 Å². The largest absolute Gasteiger partial charge is 0.456 e. The maximum absolute atomic E-state index is 13.4. The van der Waals surface area contributed by atoms with E-state index >= 15 is 0 Å². The summed E-state index contributed by atoms with van der Waals surface area (Å²) in [6, 6.07) is 13.7. The number of aliphatic hydroxyl groups excluding tert-OH is 1. The number of benzene rings is 2. The van der Waals surface area contributed by atoms with Crippen molar-refractivity contribution in [3.8, 4) is 5.95 Å². The van der Waals surface area contributed by atoms with Gasteiger partial charge in [0.1, 0.15) is 11.2 Å². The molecule has 2 heterocycles. The predicted octanol–water partition coefficient (Wildman–Crippen LogP) is 4.08. The van der Waals surface area contributed by atoms with Gasteiger partial charge < -0.3 is 14.3 Å². The molecule has 3 aromatic rings. The van der Waals surface area contributed by atoms with Crippen molar-refractivity contribution in [3.05, 3.63) is 74.9 Å². The number of hydrogen-bond acceptors (Lipinski definition) is 4. The molecule has 2 aromatic carbocycles. The van der Waals surface area contributed by atoms with Crippen LogP contribution in [0.4, 0.5) is 0 Å². The Kier molecular flexibility index (Phi) is 3.88. The van der Waals surface area contributed by atoms with E-state index in [4.69, 9.17) is 9.15 Å². The van der Waals surface area contributed by atoms with Gasteiger partial charge in [0.15, 0.2) is 0 Å². The summed E-state index contributed by atoms with van der Waals surface area (Å²) in [5.74, 6) is 0.0441. The number of fused-ring (bicyclic) bond motifs is 2. The molecule has 4 nitrogen and oxygen atoms in total. The zero-order valence-electron chi connectivity index (χ0n) is 15.2. The normalized spacial score (nSPS) is 22.1. The fraction of sp³-hybridized carbons (Fsp3) is 0.318. The zero-order chi connectivity index (χ0) is 18.5. The van der Waals surface area contributed by atoms with Gasteiger partial charge in [-0.15, -0.1) is 0 Å². The summed E-state index contributed by atoms with van der Waals surface area (Å²) in [6.45, 7) is 5.59. The van der Waals surface area contributed by atoms with Gasteiger partial charge >= 0.3 is 0 Å². The highest BCUT2D eigenvalue weighted by molar-refractivity contribution is 5.82. The van der Waals surface area contributed by atoms with Crippen molar-refractivity contribution >= 4 is 11.0 Å². The molecule has 0 spiro atoms. The fourth-order valence-corrected chi connectivity index (χ4v) is 3.92. The summed E-state index contributed by atoms with van der Waals surface area (Å²) in [7, 11) is 0. The van der Waals surface area contributed by atoms with E-state index in [0.717, 1.165) is 16.7 Å². The van der Waals surface area contributed by atoms with E-state index in [-0.39, 0.29) is 23.9 Å².